The van der Waals surface area contributed by atoms with Crippen LogP contribution in [0.15, 0.2) is 23.1 Å². The highest BCUT2D eigenvalue weighted by atomic mass is 32.2. The molecule has 0 aliphatic heterocycles. The van der Waals surface area contributed by atoms with Gasteiger partial charge in [-0.15, -0.1) is 0 Å². The number of hydrogen-bond donors (Lipinski definition) is 1. The van der Waals surface area contributed by atoms with Crippen molar-refractivity contribution < 1.29 is 8.42 Å². The number of rotatable bonds is 5. The van der Waals surface area contributed by atoms with Crippen molar-refractivity contribution in [3.8, 4) is 0 Å². The van der Waals surface area contributed by atoms with Gasteiger partial charge in [-0.05, 0) is 30.0 Å². The van der Waals surface area contributed by atoms with E-state index in [0.29, 0.717) is 4.90 Å². The molecule has 1 aromatic rings. The van der Waals surface area contributed by atoms with Crippen LogP contribution < -0.4 is 5.14 Å². The Kier molecular flexibility index (Phi) is 4.50. The summed E-state index contributed by atoms with van der Waals surface area (Å²) >= 11 is 0. The summed E-state index contributed by atoms with van der Waals surface area (Å²) in [6.07, 6.45) is 3.59. The normalized spacial score (nSPS) is 11.7. The Morgan fingerprint density at radius 2 is 1.75 bits per heavy atom. The number of primary sulfonamides is 1. The van der Waals surface area contributed by atoms with Crippen molar-refractivity contribution in [2.45, 2.75) is 44.4 Å². The summed E-state index contributed by atoms with van der Waals surface area (Å²) in [7, 11) is -3.60. The molecule has 0 fully saturated rings. The number of aryl methyl sites for hydroxylation is 1. The molecule has 3 nitrogen and oxygen atoms in total. The zero-order valence-corrected chi connectivity index (χ0v) is 10.7. The van der Waals surface area contributed by atoms with Crippen LogP contribution in [0.1, 0.15) is 37.8 Å². The van der Waals surface area contributed by atoms with E-state index in [-0.39, 0.29) is 0 Å². The predicted molar refractivity (Wildman–Crippen MR) is 65.8 cm³/mol. The van der Waals surface area contributed by atoms with Gasteiger partial charge in [0.2, 0.25) is 10.0 Å². The van der Waals surface area contributed by atoms with Crippen molar-refractivity contribution in [1.82, 2.24) is 0 Å². The number of hydrogen-bond acceptors (Lipinski definition) is 2. The zero-order chi connectivity index (χ0) is 12.2. The quantitative estimate of drug-likeness (QED) is 0.859. The lowest BCUT2D eigenvalue weighted by Crippen LogP contribution is -2.15. The molecule has 0 amide bonds. The van der Waals surface area contributed by atoms with Gasteiger partial charge >= 0.3 is 0 Å². The van der Waals surface area contributed by atoms with Gasteiger partial charge in [-0.25, -0.2) is 13.6 Å². The second kappa shape index (κ2) is 5.46. The molecule has 0 bridgehead atoms. The van der Waals surface area contributed by atoms with Crippen LogP contribution in [0.3, 0.4) is 0 Å². The van der Waals surface area contributed by atoms with Crippen molar-refractivity contribution >= 4 is 10.0 Å². The van der Waals surface area contributed by atoms with Crippen molar-refractivity contribution in [3.05, 3.63) is 29.3 Å². The van der Waals surface area contributed by atoms with Crippen LogP contribution in [-0.2, 0) is 22.9 Å². The molecule has 0 spiro atoms. The van der Waals surface area contributed by atoms with Crippen molar-refractivity contribution in [1.29, 1.82) is 0 Å². The molecule has 4 heteroatoms. The Hall–Kier alpha value is -0.870. The summed E-state index contributed by atoms with van der Waals surface area (Å²) in [6, 6.07) is 5.35. The van der Waals surface area contributed by atoms with Gasteiger partial charge in [0.15, 0.2) is 0 Å². The largest absolute Gasteiger partial charge is 0.238 e. The van der Waals surface area contributed by atoms with Crippen LogP contribution in [-0.4, -0.2) is 8.42 Å². The van der Waals surface area contributed by atoms with Gasteiger partial charge in [-0.1, -0.05) is 38.8 Å². The first-order chi connectivity index (χ1) is 7.50. The van der Waals surface area contributed by atoms with Crippen LogP contribution in [0.5, 0.6) is 0 Å². The first-order valence-corrected chi connectivity index (χ1v) is 7.18. The second-order valence-electron chi connectivity index (χ2n) is 3.94. The van der Waals surface area contributed by atoms with E-state index in [9.17, 15) is 8.42 Å². The van der Waals surface area contributed by atoms with Crippen LogP contribution in [0, 0.1) is 0 Å². The van der Waals surface area contributed by atoms with E-state index < -0.39 is 10.0 Å². The van der Waals surface area contributed by atoms with Gasteiger partial charge in [0.05, 0.1) is 4.90 Å². The zero-order valence-electron chi connectivity index (χ0n) is 9.86. The number of sulfonamides is 1. The van der Waals surface area contributed by atoms with Gasteiger partial charge in [0.1, 0.15) is 0 Å². The molecule has 0 unspecified atom stereocenters. The topological polar surface area (TPSA) is 60.2 Å². The lowest BCUT2D eigenvalue weighted by molar-refractivity contribution is 0.596. The van der Waals surface area contributed by atoms with Gasteiger partial charge in [0.25, 0.3) is 0 Å². The molecule has 0 aliphatic rings. The van der Waals surface area contributed by atoms with Crippen LogP contribution in [0.2, 0.25) is 0 Å². The fourth-order valence-electron chi connectivity index (χ4n) is 1.91. The van der Waals surface area contributed by atoms with E-state index in [1.807, 2.05) is 13.0 Å². The molecular weight excluding hydrogens is 222 g/mol. The maximum Gasteiger partial charge on any atom is 0.238 e. The fraction of sp³-hybridized carbons (Fsp3) is 0.500. The third kappa shape index (κ3) is 3.06. The number of benzene rings is 1. The summed E-state index contributed by atoms with van der Waals surface area (Å²) < 4.78 is 22.9. The Bertz CT molecular complexity index is 452. The smallest absolute Gasteiger partial charge is 0.225 e. The monoisotopic (exact) mass is 241 g/mol. The molecule has 1 aromatic carbocycles. The van der Waals surface area contributed by atoms with Crippen LogP contribution in [0.4, 0.5) is 0 Å². The Labute approximate surface area is 97.7 Å². The highest BCUT2D eigenvalue weighted by molar-refractivity contribution is 7.89. The summed E-state index contributed by atoms with van der Waals surface area (Å²) in [5.74, 6) is 0. The van der Waals surface area contributed by atoms with Crippen LogP contribution in [0.25, 0.3) is 0 Å². The van der Waals surface area contributed by atoms with E-state index in [1.54, 1.807) is 12.1 Å². The summed E-state index contributed by atoms with van der Waals surface area (Å²) in [5.41, 5.74) is 2.00. The average Bonchev–Trinajstić information content (AvgIpc) is 2.19. The third-order valence-electron chi connectivity index (χ3n) is 2.56. The van der Waals surface area contributed by atoms with Crippen LogP contribution >= 0.6 is 0 Å². The first kappa shape index (κ1) is 13.2. The summed E-state index contributed by atoms with van der Waals surface area (Å²) in [6.45, 7) is 4.12. The third-order valence-corrected chi connectivity index (χ3v) is 3.55. The lowest BCUT2D eigenvalue weighted by Gasteiger charge is -2.12. The Balaban J connectivity index is 3.32. The molecule has 1 rings (SSSR count). The van der Waals surface area contributed by atoms with Crippen molar-refractivity contribution in [3.63, 3.8) is 0 Å². The molecule has 16 heavy (non-hydrogen) atoms. The second-order valence-corrected chi connectivity index (χ2v) is 5.47. The first-order valence-electron chi connectivity index (χ1n) is 5.64. The summed E-state index contributed by atoms with van der Waals surface area (Å²) in [4.78, 5) is 0.292. The van der Waals surface area contributed by atoms with Gasteiger partial charge in [-0.2, -0.15) is 0 Å². The van der Waals surface area contributed by atoms with Gasteiger partial charge < -0.3 is 0 Å². The maximum absolute atomic E-state index is 11.5. The van der Waals surface area contributed by atoms with Gasteiger partial charge in [-0.3, -0.25) is 0 Å². The highest BCUT2D eigenvalue weighted by Gasteiger charge is 2.15. The molecule has 2 N–H and O–H groups in total. The van der Waals surface area contributed by atoms with Crippen molar-refractivity contribution in [2.24, 2.45) is 5.14 Å². The average molecular weight is 241 g/mol. The SMILES string of the molecule is CCCc1cccc(S(N)(=O)=O)c1CCC. The standard InChI is InChI=1S/C12H19NO2S/c1-3-6-10-8-5-9-12(16(13,14)15)11(10)7-4-2/h5,8-9H,3-4,6-7H2,1-2H3,(H2,13,14,15). The fourth-order valence-corrected chi connectivity index (χ4v) is 2.76. The van der Waals surface area contributed by atoms with E-state index >= 15 is 0 Å². The molecule has 0 aromatic heterocycles. The minimum absolute atomic E-state index is 0.292. The van der Waals surface area contributed by atoms with E-state index in [4.69, 9.17) is 5.14 Å². The van der Waals surface area contributed by atoms with E-state index in [0.717, 1.165) is 36.8 Å². The molecule has 0 aliphatic carbocycles. The minimum atomic E-state index is -3.60. The minimum Gasteiger partial charge on any atom is -0.225 e. The molecular formula is C12H19NO2S. The lowest BCUT2D eigenvalue weighted by atomic mass is 10.00. The Morgan fingerprint density at radius 1 is 1.12 bits per heavy atom. The molecule has 0 radical (unpaired) electrons. The predicted octanol–water partition coefficient (Wildman–Crippen LogP) is 2.24. The van der Waals surface area contributed by atoms with Gasteiger partial charge in [0, 0.05) is 0 Å². The van der Waals surface area contributed by atoms with Crippen molar-refractivity contribution in [2.75, 3.05) is 0 Å². The summed E-state index contributed by atoms with van der Waals surface area (Å²) in [5, 5.41) is 5.23. The molecule has 0 heterocycles. The molecule has 0 saturated heterocycles. The van der Waals surface area contributed by atoms with E-state index in [2.05, 4.69) is 6.92 Å². The maximum atomic E-state index is 11.5. The highest BCUT2D eigenvalue weighted by Crippen LogP contribution is 2.21. The molecule has 90 valence electrons. The Morgan fingerprint density at radius 3 is 2.25 bits per heavy atom. The molecule has 0 atom stereocenters. The molecule has 0 saturated carbocycles. The number of nitrogens with two attached hydrogens (primary N) is 1. The van der Waals surface area contributed by atoms with E-state index in [1.165, 1.54) is 0 Å².